The van der Waals surface area contributed by atoms with E-state index in [1.807, 2.05) is 0 Å². The van der Waals surface area contributed by atoms with E-state index in [2.05, 4.69) is 19.0 Å². The van der Waals surface area contributed by atoms with Gasteiger partial charge in [-0.05, 0) is 18.1 Å². The summed E-state index contributed by atoms with van der Waals surface area (Å²) in [6.45, 7) is 7.64. The van der Waals surface area contributed by atoms with Crippen molar-refractivity contribution in [1.82, 2.24) is 5.16 Å². The number of nitrogens with zero attached hydrogens (tertiary/aromatic N) is 1. The number of hydrogen-bond donors (Lipinski definition) is 0. The first-order valence-corrected chi connectivity index (χ1v) is 7.90. The molecule has 0 saturated heterocycles. The molecule has 0 aromatic carbocycles. The van der Waals surface area contributed by atoms with Crippen LogP contribution in [0.4, 0.5) is 0 Å². The van der Waals surface area contributed by atoms with Crippen LogP contribution in [0.2, 0.25) is 0 Å². The summed E-state index contributed by atoms with van der Waals surface area (Å²) in [6, 6.07) is 0. The zero-order valence-corrected chi connectivity index (χ0v) is 15.5. The van der Waals surface area contributed by atoms with E-state index in [0.717, 1.165) is 36.6 Å². The predicted octanol–water partition coefficient (Wildman–Crippen LogP) is 4.91. The average Bonchev–Trinajstić information content (AvgIpc) is 2.84. The Balaban J connectivity index is 0.000000192. The maximum atomic E-state index is 4.96. The van der Waals surface area contributed by atoms with E-state index < -0.39 is 0 Å². The fourth-order valence-electron chi connectivity index (χ4n) is 3.22. The van der Waals surface area contributed by atoms with Crippen molar-refractivity contribution < 1.29 is 37.2 Å². The van der Waals surface area contributed by atoms with Crippen LogP contribution in [0, 0.1) is 19.8 Å². The molecule has 20 heavy (non-hydrogen) atoms. The van der Waals surface area contributed by atoms with Crippen molar-refractivity contribution >= 4 is 0 Å². The number of aromatic nitrogens is 1. The molecule has 1 fully saturated rings. The van der Waals surface area contributed by atoms with Crippen LogP contribution in [0.5, 0.6) is 0 Å². The third kappa shape index (κ3) is 5.52. The summed E-state index contributed by atoms with van der Waals surface area (Å²) in [5.74, 6) is 1.81. The summed E-state index contributed by atoms with van der Waals surface area (Å²) >= 11 is 0. The first-order chi connectivity index (χ1) is 9.31. The maximum absolute atomic E-state index is 4.96. The molecular formula is C17H27NOY-2. The molecule has 2 aliphatic carbocycles. The Morgan fingerprint density at radius 2 is 1.75 bits per heavy atom. The summed E-state index contributed by atoms with van der Waals surface area (Å²) < 4.78 is 4.96. The van der Waals surface area contributed by atoms with Crippen molar-refractivity contribution in [3.05, 3.63) is 30.9 Å². The molecule has 0 amide bonds. The molecule has 1 heterocycles. The molecule has 111 valence electrons. The van der Waals surface area contributed by atoms with E-state index in [4.69, 9.17) is 4.52 Å². The molecule has 1 aromatic heterocycles. The van der Waals surface area contributed by atoms with E-state index in [1.54, 1.807) is 0 Å². The van der Waals surface area contributed by atoms with Gasteiger partial charge >= 0.3 is 0 Å². The summed E-state index contributed by atoms with van der Waals surface area (Å²) in [5.41, 5.74) is 2.39. The molecule has 3 rings (SSSR count). The molecule has 3 heteroatoms. The van der Waals surface area contributed by atoms with Gasteiger partial charge in [-0.2, -0.15) is 6.42 Å². The minimum absolute atomic E-state index is 0. The van der Waals surface area contributed by atoms with Gasteiger partial charge in [0.1, 0.15) is 0 Å². The van der Waals surface area contributed by atoms with Gasteiger partial charge < -0.3 is 11.4 Å². The molecule has 0 spiro atoms. The Labute approximate surface area is 149 Å². The number of rotatable bonds is 2. The molecule has 0 N–H and O–H groups in total. The van der Waals surface area contributed by atoms with Crippen LogP contribution in [0.15, 0.2) is 4.52 Å². The Hall–Kier alpha value is 0.184. The molecule has 2 nitrogen and oxygen atoms in total. The van der Waals surface area contributed by atoms with E-state index in [1.165, 1.54) is 56.9 Å². The van der Waals surface area contributed by atoms with Gasteiger partial charge in [0.2, 0.25) is 0 Å². The van der Waals surface area contributed by atoms with E-state index >= 15 is 0 Å². The zero-order valence-electron chi connectivity index (χ0n) is 12.7. The summed E-state index contributed by atoms with van der Waals surface area (Å²) in [6.07, 6.45) is 14.6. The largest absolute Gasteiger partial charge is 0.397 e. The van der Waals surface area contributed by atoms with Crippen molar-refractivity contribution in [3.8, 4) is 0 Å². The fraction of sp³-hybridized carbons (Fsp3) is 0.706. The SMILES string of the molecule is [CH2-]CCC1CCCCC1.[CH2-]c1onc2c1CCCC2.[Y]. The van der Waals surface area contributed by atoms with Crippen molar-refractivity contribution in [1.29, 1.82) is 0 Å². The van der Waals surface area contributed by atoms with Gasteiger partial charge in [0.05, 0.1) is 0 Å². The van der Waals surface area contributed by atoms with Crippen LogP contribution in [0.3, 0.4) is 0 Å². The van der Waals surface area contributed by atoms with Crippen LogP contribution in [-0.2, 0) is 45.6 Å². The smallest absolute Gasteiger partial charge is 0.00684 e. The second-order valence-electron chi connectivity index (χ2n) is 5.88. The molecule has 1 aromatic rings. The van der Waals surface area contributed by atoms with Crippen molar-refractivity contribution in [2.45, 2.75) is 70.6 Å². The van der Waals surface area contributed by atoms with Gasteiger partial charge in [-0.15, -0.1) is 10.7 Å². The molecular weight excluding hydrogens is 323 g/mol. The van der Waals surface area contributed by atoms with E-state index in [0.29, 0.717) is 0 Å². The van der Waals surface area contributed by atoms with Crippen LogP contribution >= 0.6 is 0 Å². The molecule has 1 saturated carbocycles. The van der Waals surface area contributed by atoms with Gasteiger partial charge in [-0.3, -0.25) is 0 Å². The van der Waals surface area contributed by atoms with Gasteiger partial charge in [-0.25, -0.2) is 6.92 Å². The third-order valence-electron chi connectivity index (χ3n) is 4.38. The number of aryl methyl sites for hydroxylation is 1. The van der Waals surface area contributed by atoms with Gasteiger partial charge in [0.15, 0.2) is 0 Å². The third-order valence-corrected chi connectivity index (χ3v) is 4.38. The second kappa shape index (κ2) is 10.0. The van der Waals surface area contributed by atoms with Crippen molar-refractivity contribution in [3.63, 3.8) is 0 Å². The van der Waals surface area contributed by atoms with E-state index in [-0.39, 0.29) is 32.7 Å². The standard InChI is InChI=1S/C9H17.C8H10NO.Y/c1-2-6-9-7-4-3-5-8-9;1-6-7-4-2-3-5-8(7)9-10-6;/h9H,1-8H2;1-5H2;/q2*-1;. The number of fused-ring (bicyclic) bond motifs is 1. The number of hydrogen-bond acceptors (Lipinski definition) is 2. The first-order valence-electron chi connectivity index (χ1n) is 7.90. The van der Waals surface area contributed by atoms with Gasteiger partial charge in [0, 0.05) is 38.4 Å². The molecule has 0 atom stereocenters. The topological polar surface area (TPSA) is 26.0 Å². The maximum Gasteiger partial charge on any atom is 0.00684 e. The van der Waals surface area contributed by atoms with Crippen LogP contribution in [-0.4, -0.2) is 5.16 Å². The minimum Gasteiger partial charge on any atom is -0.397 e. The molecule has 2 aliphatic rings. The van der Waals surface area contributed by atoms with Crippen LogP contribution in [0.25, 0.3) is 0 Å². The van der Waals surface area contributed by atoms with Crippen LogP contribution in [0.1, 0.15) is 74.8 Å². The minimum atomic E-state index is 0. The second-order valence-corrected chi connectivity index (χ2v) is 5.88. The summed E-state index contributed by atoms with van der Waals surface area (Å²) in [5, 5.41) is 3.92. The monoisotopic (exact) mass is 350 g/mol. The Kier molecular flexibility index (Phi) is 9.12. The van der Waals surface area contributed by atoms with Gasteiger partial charge in [0.25, 0.3) is 0 Å². The predicted molar refractivity (Wildman–Crippen MR) is 78.8 cm³/mol. The van der Waals surface area contributed by atoms with E-state index in [9.17, 15) is 0 Å². The first kappa shape index (κ1) is 18.2. The average molecular weight is 350 g/mol. The van der Waals surface area contributed by atoms with Crippen molar-refractivity contribution in [2.75, 3.05) is 0 Å². The van der Waals surface area contributed by atoms with Crippen molar-refractivity contribution in [2.24, 2.45) is 5.92 Å². The molecule has 0 aliphatic heterocycles. The summed E-state index contributed by atoms with van der Waals surface area (Å²) in [4.78, 5) is 0. The molecule has 1 radical (unpaired) electrons. The Bertz CT molecular complexity index is 366. The quantitative estimate of drug-likeness (QED) is 0.708. The molecule has 0 bridgehead atoms. The Morgan fingerprint density at radius 3 is 2.40 bits per heavy atom. The zero-order chi connectivity index (χ0) is 13.5. The normalized spacial score (nSPS) is 18.4. The fourth-order valence-corrected chi connectivity index (χ4v) is 3.22. The summed E-state index contributed by atoms with van der Waals surface area (Å²) in [7, 11) is 0. The molecule has 0 unspecified atom stereocenters. The Morgan fingerprint density at radius 1 is 1.05 bits per heavy atom. The van der Waals surface area contributed by atoms with Crippen LogP contribution < -0.4 is 0 Å². The van der Waals surface area contributed by atoms with Gasteiger partial charge in [-0.1, -0.05) is 57.8 Å².